The van der Waals surface area contributed by atoms with Gasteiger partial charge in [-0.05, 0) is 56.7 Å². The number of nitrogens with zero attached hydrogens (tertiary/aromatic N) is 1. The number of aromatic nitrogens is 1. The molecule has 1 N–H and O–H groups in total. The van der Waals surface area contributed by atoms with Gasteiger partial charge in [-0.2, -0.15) is 0 Å². The molecule has 0 radical (unpaired) electrons. The third-order valence-corrected chi connectivity index (χ3v) is 4.13. The highest BCUT2D eigenvalue weighted by Gasteiger charge is 2.20. The van der Waals surface area contributed by atoms with E-state index >= 15 is 0 Å². The highest BCUT2D eigenvalue weighted by Crippen LogP contribution is 2.30. The maximum atomic E-state index is 4.71. The minimum Gasteiger partial charge on any atom is -0.305 e. The normalized spacial score (nSPS) is 17.4. The lowest BCUT2D eigenvalue weighted by molar-refractivity contribution is 0.552. The monoisotopic (exact) mass is 272 g/mol. The summed E-state index contributed by atoms with van der Waals surface area (Å²) in [6.45, 7) is 5.51. The molecule has 0 aromatic carbocycles. The highest BCUT2D eigenvalue weighted by molar-refractivity contribution is 5.30. The van der Waals surface area contributed by atoms with Crippen LogP contribution >= 0.6 is 0 Å². The standard InChI is InChI=1S/C18H28N2/c1-3-13-19-18(16-10-7-5-6-8-11-16)17-15(4-2)12-9-14-20-17/h9-10,12,14,18-19H,3-8,11,13H2,1-2H3. The van der Waals surface area contributed by atoms with E-state index in [2.05, 4.69) is 37.4 Å². The molecule has 1 aromatic heterocycles. The van der Waals surface area contributed by atoms with Gasteiger partial charge in [0.05, 0.1) is 11.7 Å². The van der Waals surface area contributed by atoms with Crippen LogP contribution in [0, 0.1) is 0 Å². The molecular weight excluding hydrogens is 244 g/mol. The summed E-state index contributed by atoms with van der Waals surface area (Å²) in [5.74, 6) is 0. The molecule has 20 heavy (non-hydrogen) atoms. The minimum absolute atomic E-state index is 0.323. The van der Waals surface area contributed by atoms with Crippen LogP contribution in [-0.4, -0.2) is 11.5 Å². The molecule has 1 atom stereocenters. The Hall–Kier alpha value is -1.15. The molecule has 110 valence electrons. The van der Waals surface area contributed by atoms with E-state index in [1.165, 1.54) is 43.4 Å². The summed E-state index contributed by atoms with van der Waals surface area (Å²) < 4.78 is 0. The number of aryl methyl sites for hydroxylation is 1. The Morgan fingerprint density at radius 1 is 1.25 bits per heavy atom. The largest absolute Gasteiger partial charge is 0.305 e. The fourth-order valence-electron chi connectivity index (χ4n) is 3.00. The first-order valence-electron chi connectivity index (χ1n) is 8.22. The summed E-state index contributed by atoms with van der Waals surface area (Å²) in [6.07, 6.45) is 13.1. The van der Waals surface area contributed by atoms with Crippen molar-refractivity contribution in [2.75, 3.05) is 6.54 Å². The van der Waals surface area contributed by atoms with Gasteiger partial charge in [-0.15, -0.1) is 0 Å². The Balaban J connectivity index is 2.28. The van der Waals surface area contributed by atoms with Crippen molar-refractivity contribution >= 4 is 0 Å². The van der Waals surface area contributed by atoms with E-state index in [-0.39, 0.29) is 0 Å². The molecule has 0 bridgehead atoms. The molecule has 1 heterocycles. The predicted octanol–water partition coefficient (Wildman–Crippen LogP) is 4.58. The third-order valence-electron chi connectivity index (χ3n) is 4.13. The zero-order chi connectivity index (χ0) is 14.2. The van der Waals surface area contributed by atoms with Crippen LogP contribution in [0.15, 0.2) is 30.0 Å². The molecule has 2 heteroatoms. The van der Waals surface area contributed by atoms with Crippen molar-refractivity contribution in [2.24, 2.45) is 0 Å². The zero-order valence-corrected chi connectivity index (χ0v) is 13.0. The first-order valence-corrected chi connectivity index (χ1v) is 8.22. The molecule has 0 amide bonds. The van der Waals surface area contributed by atoms with E-state index < -0.39 is 0 Å². The fraction of sp³-hybridized carbons (Fsp3) is 0.611. The van der Waals surface area contributed by atoms with E-state index in [9.17, 15) is 0 Å². The van der Waals surface area contributed by atoms with Crippen molar-refractivity contribution in [3.8, 4) is 0 Å². The van der Waals surface area contributed by atoms with E-state index in [0.29, 0.717) is 6.04 Å². The molecule has 1 unspecified atom stereocenters. The first kappa shape index (κ1) is 15.2. The quantitative estimate of drug-likeness (QED) is 0.767. The number of allylic oxidation sites excluding steroid dienone is 1. The third kappa shape index (κ3) is 3.92. The number of nitrogens with one attached hydrogen (secondary N) is 1. The summed E-state index contributed by atoms with van der Waals surface area (Å²) in [6, 6.07) is 4.60. The number of pyridine rings is 1. The Bertz CT molecular complexity index is 437. The van der Waals surface area contributed by atoms with E-state index in [1.54, 1.807) is 5.57 Å². The van der Waals surface area contributed by atoms with Gasteiger partial charge in [0.2, 0.25) is 0 Å². The molecular formula is C18H28N2. The summed E-state index contributed by atoms with van der Waals surface area (Å²) in [5, 5.41) is 3.73. The zero-order valence-electron chi connectivity index (χ0n) is 13.0. The Labute approximate surface area is 123 Å². The van der Waals surface area contributed by atoms with Crippen LogP contribution in [0.1, 0.15) is 69.7 Å². The van der Waals surface area contributed by atoms with Crippen LogP contribution in [-0.2, 0) is 6.42 Å². The first-order chi connectivity index (χ1) is 9.86. The molecule has 0 saturated carbocycles. The summed E-state index contributed by atoms with van der Waals surface area (Å²) in [5.41, 5.74) is 4.19. The van der Waals surface area contributed by atoms with Crippen molar-refractivity contribution in [3.05, 3.63) is 41.2 Å². The fourth-order valence-corrected chi connectivity index (χ4v) is 3.00. The van der Waals surface area contributed by atoms with Crippen molar-refractivity contribution < 1.29 is 0 Å². The van der Waals surface area contributed by atoms with Gasteiger partial charge in [0.15, 0.2) is 0 Å². The van der Waals surface area contributed by atoms with Crippen LogP contribution in [0.3, 0.4) is 0 Å². The second-order valence-electron chi connectivity index (χ2n) is 5.67. The number of hydrogen-bond acceptors (Lipinski definition) is 2. The average molecular weight is 272 g/mol. The van der Waals surface area contributed by atoms with Crippen molar-refractivity contribution in [1.29, 1.82) is 0 Å². The Morgan fingerprint density at radius 2 is 2.15 bits per heavy atom. The van der Waals surface area contributed by atoms with Crippen LogP contribution in [0.4, 0.5) is 0 Å². The predicted molar refractivity (Wildman–Crippen MR) is 85.8 cm³/mol. The van der Waals surface area contributed by atoms with Crippen LogP contribution in [0.25, 0.3) is 0 Å². The lowest BCUT2D eigenvalue weighted by atomic mass is 9.95. The van der Waals surface area contributed by atoms with Crippen LogP contribution in [0.5, 0.6) is 0 Å². The molecule has 1 aliphatic rings. The van der Waals surface area contributed by atoms with Gasteiger partial charge in [-0.3, -0.25) is 4.98 Å². The topological polar surface area (TPSA) is 24.9 Å². The number of hydrogen-bond donors (Lipinski definition) is 1. The Morgan fingerprint density at radius 3 is 2.95 bits per heavy atom. The van der Waals surface area contributed by atoms with Crippen molar-refractivity contribution in [3.63, 3.8) is 0 Å². The number of rotatable bonds is 6. The minimum atomic E-state index is 0.323. The highest BCUT2D eigenvalue weighted by atomic mass is 14.9. The molecule has 1 aliphatic carbocycles. The van der Waals surface area contributed by atoms with Crippen molar-refractivity contribution in [1.82, 2.24) is 10.3 Å². The smallest absolute Gasteiger partial charge is 0.0713 e. The van der Waals surface area contributed by atoms with Crippen molar-refractivity contribution in [2.45, 2.75) is 64.8 Å². The molecule has 0 fully saturated rings. The SMILES string of the molecule is CCCNC(C1=CCCCCC1)c1ncccc1CC. The van der Waals surface area contributed by atoms with E-state index in [4.69, 9.17) is 4.98 Å². The second-order valence-corrected chi connectivity index (χ2v) is 5.67. The summed E-state index contributed by atoms with van der Waals surface area (Å²) in [4.78, 5) is 4.71. The average Bonchev–Trinajstić information content (AvgIpc) is 2.77. The molecule has 0 saturated heterocycles. The van der Waals surface area contributed by atoms with E-state index in [1.807, 2.05) is 6.20 Å². The second kappa shape index (κ2) is 8.21. The summed E-state index contributed by atoms with van der Waals surface area (Å²) in [7, 11) is 0. The lowest BCUT2D eigenvalue weighted by Gasteiger charge is -2.23. The maximum Gasteiger partial charge on any atom is 0.0713 e. The van der Waals surface area contributed by atoms with Gasteiger partial charge in [-0.25, -0.2) is 0 Å². The van der Waals surface area contributed by atoms with E-state index in [0.717, 1.165) is 19.4 Å². The van der Waals surface area contributed by atoms with Crippen LogP contribution < -0.4 is 5.32 Å². The Kier molecular flexibility index (Phi) is 6.25. The molecule has 2 nitrogen and oxygen atoms in total. The van der Waals surface area contributed by atoms with Gasteiger partial charge in [0.1, 0.15) is 0 Å². The molecule has 2 rings (SSSR count). The molecule has 1 aromatic rings. The lowest BCUT2D eigenvalue weighted by Crippen LogP contribution is -2.26. The van der Waals surface area contributed by atoms with Gasteiger partial charge in [-0.1, -0.05) is 38.0 Å². The van der Waals surface area contributed by atoms with Gasteiger partial charge >= 0.3 is 0 Å². The maximum absolute atomic E-state index is 4.71. The van der Waals surface area contributed by atoms with Gasteiger partial charge in [0.25, 0.3) is 0 Å². The molecule has 0 spiro atoms. The summed E-state index contributed by atoms with van der Waals surface area (Å²) >= 11 is 0. The van der Waals surface area contributed by atoms with Gasteiger partial charge in [0, 0.05) is 6.20 Å². The van der Waals surface area contributed by atoms with Crippen LogP contribution in [0.2, 0.25) is 0 Å². The molecule has 0 aliphatic heterocycles. The van der Waals surface area contributed by atoms with Gasteiger partial charge < -0.3 is 5.32 Å².